The molecule has 0 aromatic heterocycles. The molecule has 0 heterocycles. The lowest BCUT2D eigenvalue weighted by molar-refractivity contribution is -0.384. The van der Waals surface area contributed by atoms with Crippen LogP contribution in [0, 0.1) is 10.1 Å². The first-order valence-electron chi connectivity index (χ1n) is 5.98. The van der Waals surface area contributed by atoms with Gasteiger partial charge in [-0.3, -0.25) is 19.7 Å². The molecule has 0 amide bonds. The minimum Gasteiger partial charge on any atom is -0.488 e. The second-order valence-corrected chi connectivity index (χ2v) is 4.08. The number of nitrogens with zero attached hydrogens (tertiary/aromatic N) is 1. The second kappa shape index (κ2) is 5.52. The average molecular weight is 276 g/mol. The van der Waals surface area contributed by atoms with E-state index in [2.05, 4.69) is 5.32 Å². The maximum absolute atomic E-state index is 11.4. The Hall–Kier alpha value is -2.70. The number of benzene rings is 1. The van der Waals surface area contributed by atoms with E-state index in [4.69, 9.17) is 4.74 Å². The Morgan fingerprint density at radius 3 is 2.70 bits per heavy atom. The van der Waals surface area contributed by atoms with E-state index >= 15 is 0 Å². The molecule has 2 aromatic carbocycles. The highest BCUT2D eigenvalue weighted by Crippen LogP contribution is 2.19. The molecule has 0 atom stereocenters. The van der Waals surface area contributed by atoms with E-state index in [1.807, 2.05) is 0 Å². The molecule has 2 rings (SSSR count). The van der Waals surface area contributed by atoms with Gasteiger partial charge in [-0.25, -0.2) is 0 Å². The predicted molar refractivity (Wildman–Crippen MR) is 72.9 cm³/mol. The fraction of sp³-hybridized carbons (Fsp3) is 0.231. The monoisotopic (exact) mass is 276 g/mol. The van der Waals surface area contributed by atoms with Crippen LogP contribution < -0.4 is 20.9 Å². The van der Waals surface area contributed by atoms with Crippen LogP contribution in [0.3, 0.4) is 0 Å². The van der Waals surface area contributed by atoms with Gasteiger partial charge in [0.1, 0.15) is 5.69 Å². The summed E-state index contributed by atoms with van der Waals surface area (Å²) in [6.45, 7) is 2.20. The third-order valence-corrected chi connectivity index (χ3v) is 2.75. The number of hydrogen-bond acceptors (Lipinski definition) is 6. The van der Waals surface area contributed by atoms with Crippen LogP contribution in [-0.2, 0) is 6.54 Å². The summed E-state index contributed by atoms with van der Waals surface area (Å²) >= 11 is 0. The third-order valence-electron chi connectivity index (χ3n) is 2.75. The first-order chi connectivity index (χ1) is 9.54. The predicted octanol–water partition coefficient (Wildman–Crippen LogP) is 1.20. The highest BCUT2D eigenvalue weighted by atomic mass is 16.6. The van der Waals surface area contributed by atoms with Crippen LogP contribution >= 0.6 is 0 Å². The van der Waals surface area contributed by atoms with Crippen molar-refractivity contribution in [3.05, 3.63) is 60.4 Å². The molecule has 0 spiro atoms. The van der Waals surface area contributed by atoms with Crippen LogP contribution in [0.2, 0.25) is 0 Å². The number of non-ortho nitro benzene ring substituents is 1. The van der Waals surface area contributed by atoms with Crippen molar-refractivity contribution in [1.29, 1.82) is 0 Å². The van der Waals surface area contributed by atoms with Crippen LogP contribution in [0.15, 0.2) is 33.9 Å². The molecule has 0 aliphatic carbocycles. The van der Waals surface area contributed by atoms with E-state index in [9.17, 15) is 19.7 Å². The zero-order valence-electron chi connectivity index (χ0n) is 10.7. The molecule has 0 fully saturated rings. The molecule has 104 valence electrons. The Kier molecular flexibility index (Phi) is 3.79. The van der Waals surface area contributed by atoms with Crippen molar-refractivity contribution in [1.82, 2.24) is 0 Å². The van der Waals surface area contributed by atoms with E-state index in [1.54, 1.807) is 19.1 Å². The number of nitro groups is 1. The van der Waals surface area contributed by atoms with Crippen molar-refractivity contribution < 1.29 is 9.66 Å². The molecule has 0 saturated carbocycles. The summed E-state index contributed by atoms with van der Waals surface area (Å²) in [5, 5.41) is 13.4. The molecule has 2 aromatic rings. The Bertz CT molecular complexity index is 716. The molecular weight excluding hydrogens is 264 g/mol. The molecule has 1 N–H and O–H groups in total. The number of anilines is 1. The molecule has 0 aliphatic rings. The van der Waals surface area contributed by atoms with Gasteiger partial charge in [-0.1, -0.05) is 12.1 Å². The minimum absolute atomic E-state index is 0.0284. The van der Waals surface area contributed by atoms with Gasteiger partial charge in [0.05, 0.1) is 11.5 Å². The first-order valence-corrected chi connectivity index (χ1v) is 5.98. The van der Waals surface area contributed by atoms with Gasteiger partial charge in [0, 0.05) is 18.7 Å². The molecule has 0 radical (unpaired) electrons. The summed E-state index contributed by atoms with van der Waals surface area (Å²) in [5.74, 6) is 0.0305. The lowest BCUT2D eigenvalue weighted by Crippen LogP contribution is -2.35. The Labute approximate surface area is 113 Å². The van der Waals surface area contributed by atoms with E-state index in [0.717, 1.165) is 0 Å². The number of nitrogens with one attached hydrogen (secondary N) is 1. The molecule has 7 nitrogen and oxygen atoms in total. The summed E-state index contributed by atoms with van der Waals surface area (Å²) in [6, 6.07) is 6.03. The summed E-state index contributed by atoms with van der Waals surface area (Å²) in [5.41, 5.74) is -0.537. The van der Waals surface area contributed by atoms with Gasteiger partial charge in [-0.05, 0) is 12.5 Å². The maximum atomic E-state index is 11.4. The SMILES string of the molecule is CCOc1c(NCc2cccc([N+](=O)[O-])c2)c(=O)c1=O. The van der Waals surface area contributed by atoms with Crippen LogP contribution in [0.1, 0.15) is 12.5 Å². The quantitative estimate of drug-likeness (QED) is 0.483. The van der Waals surface area contributed by atoms with Gasteiger partial charge in [0.2, 0.25) is 0 Å². The van der Waals surface area contributed by atoms with Crippen molar-refractivity contribution in [3.8, 4) is 5.75 Å². The summed E-state index contributed by atoms with van der Waals surface area (Å²) < 4.78 is 5.06. The van der Waals surface area contributed by atoms with Crippen LogP contribution in [0.4, 0.5) is 11.4 Å². The van der Waals surface area contributed by atoms with Gasteiger partial charge in [0.25, 0.3) is 16.5 Å². The van der Waals surface area contributed by atoms with Gasteiger partial charge >= 0.3 is 0 Å². The average Bonchev–Trinajstić information content (AvgIpc) is 2.46. The standard InChI is InChI=1S/C13H12N2O5/c1-2-20-13-10(11(16)12(13)17)14-7-8-4-3-5-9(6-8)15(18)19/h3-6,14H,2,7H2,1H3. The van der Waals surface area contributed by atoms with Crippen LogP contribution in [0.5, 0.6) is 5.75 Å². The number of rotatable bonds is 6. The van der Waals surface area contributed by atoms with Crippen LogP contribution in [0.25, 0.3) is 0 Å². The van der Waals surface area contributed by atoms with E-state index in [-0.39, 0.29) is 30.3 Å². The van der Waals surface area contributed by atoms with Crippen molar-refractivity contribution >= 4 is 11.4 Å². The van der Waals surface area contributed by atoms with Crippen molar-refractivity contribution in [3.63, 3.8) is 0 Å². The minimum atomic E-state index is -0.645. The Morgan fingerprint density at radius 2 is 2.05 bits per heavy atom. The van der Waals surface area contributed by atoms with Crippen LogP contribution in [-0.4, -0.2) is 11.5 Å². The zero-order valence-corrected chi connectivity index (χ0v) is 10.7. The van der Waals surface area contributed by atoms with Crippen molar-refractivity contribution in [2.45, 2.75) is 13.5 Å². The summed E-state index contributed by atoms with van der Waals surface area (Å²) in [7, 11) is 0. The molecule has 20 heavy (non-hydrogen) atoms. The van der Waals surface area contributed by atoms with Gasteiger partial charge in [-0.15, -0.1) is 0 Å². The topological polar surface area (TPSA) is 98.5 Å². The van der Waals surface area contributed by atoms with Crippen molar-refractivity contribution in [2.24, 2.45) is 0 Å². The number of ether oxygens (including phenoxy) is 1. The maximum Gasteiger partial charge on any atom is 0.272 e. The van der Waals surface area contributed by atoms with E-state index in [0.29, 0.717) is 5.56 Å². The van der Waals surface area contributed by atoms with Crippen molar-refractivity contribution in [2.75, 3.05) is 11.9 Å². The Morgan fingerprint density at radius 1 is 1.30 bits per heavy atom. The normalized spacial score (nSPS) is 10.4. The molecule has 0 saturated heterocycles. The van der Waals surface area contributed by atoms with Gasteiger partial charge in [0.15, 0.2) is 5.75 Å². The first kappa shape index (κ1) is 13.7. The lowest BCUT2D eigenvalue weighted by atomic mass is 10.1. The summed E-state index contributed by atoms with van der Waals surface area (Å²) in [6.07, 6.45) is 0. The number of nitro benzene ring substituents is 1. The fourth-order valence-corrected chi connectivity index (χ4v) is 1.78. The largest absolute Gasteiger partial charge is 0.488 e. The third kappa shape index (κ3) is 2.51. The molecule has 0 bridgehead atoms. The highest BCUT2D eigenvalue weighted by Gasteiger charge is 2.21. The van der Waals surface area contributed by atoms with E-state index in [1.165, 1.54) is 12.1 Å². The molecular formula is C13H12N2O5. The highest BCUT2D eigenvalue weighted by molar-refractivity contribution is 5.62. The lowest BCUT2D eigenvalue weighted by Gasteiger charge is -2.12. The molecule has 0 unspecified atom stereocenters. The second-order valence-electron chi connectivity index (χ2n) is 4.08. The summed E-state index contributed by atoms with van der Waals surface area (Å²) in [4.78, 5) is 32.8. The number of hydrogen-bond donors (Lipinski definition) is 1. The Balaban J connectivity index is 2.12. The van der Waals surface area contributed by atoms with Gasteiger partial charge in [-0.2, -0.15) is 0 Å². The zero-order chi connectivity index (χ0) is 14.7. The molecule has 0 aliphatic heterocycles. The smallest absolute Gasteiger partial charge is 0.272 e. The fourth-order valence-electron chi connectivity index (χ4n) is 1.78. The van der Waals surface area contributed by atoms with Gasteiger partial charge < -0.3 is 10.1 Å². The molecule has 7 heteroatoms. The van der Waals surface area contributed by atoms with E-state index < -0.39 is 15.8 Å².